The molecular formula is C25H21N3O3S2. The molecule has 0 aliphatic rings. The van der Waals surface area contributed by atoms with Crippen LogP contribution in [0.2, 0.25) is 0 Å². The molecule has 2 aromatic carbocycles. The third-order valence-electron chi connectivity index (χ3n) is 4.86. The molecule has 4 aromatic rings. The minimum Gasteiger partial charge on any atom is -0.494 e. The lowest BCUT2D eigenvalue weighted by atomic mass is 10.1. The van der Waals surface area contributed by atoms with Crippen LogP contribution in [0.1, 0.15) is 23.8 Å². The molecule has 1 amide bonds. The molecule has 4 rings (SSSR count). The summed E-state index contributed by atoms with van der Waals surface area (Å²) in [5.41, 5.74) is 3.69. The lowest BCUT2D eigenvalue weighted by Crippen LogP contribution is -2.13. The minimum absolute atomic E-state index is 0.0393. The molecule has 6 nitrogen and oxygen atoms in total. The van der Waals surface area contributed by atoms with E-state index in [0.717, 1.165) is 31.4 Å². The average Bonchev–Trinajstić information content (AvgIpc) is 3.40. The van der Waals surface area contributed by atoms with Crippen LogP contribution in [-0.2, 0) is 4.79 Å². The van der Waals surface area contributed by atoms with Crippen LogP contribution in [0, 0.1) is 25.2 Å². The first-order valence-electron chi connectivity index (χ1n) is 10.3. The van der Waals surface area contributed by atoms with Crippen LogP contribution >= 0.6 is 23.1 Å². The summed E-state index contributed by atoms with van der Waals surface area (Å²) in [4.78, 5) is 17.2. The first-order valence-corrected chi connectivity index (χ1v) is 11.9. The van der Waals surface area contributed by atoms with Crippen molar-refractivity contribution in [3.63, 3.8) is 0 Å². The summed E-state index contributed by atoms with van der Waals surface area (Å²) in [6.07, 6.45) is 1.44. The van der Waals surface area contributed by atoms with E-state index in [1.165, 1.54) is 17.8 Å². The molecule has 0 fully saturated rings. The van der Waals surface area contributed by atoms with Crippen LogP contribution in [0.25, 0.3) is 16.3 Å². The molecule has 2 aromatic heterocycles. The van der Waals surface area contributed by atoms with Gasteiger partial charge in [0.15, 0.2) is 9.43 Å². The molecule has 0 saturated heterocycles. The molecule has 8 heteroatoms. The highest BCUT2D eigenvalue weighted by atomic mass is 32.2. The number of nitrogens with zero attached hydrogens (tertiary/aromatic N) is 2. The summed E-state index contributed by atoms with van der Waals surface area (Å²) in [5.74, 6) is 0.755. The lowest BCUT2D eigenvalue weighted by molar-refractivity contribution is -0.112. The molecule has 0 spiro atoms. The van der Waals surface area contributed by atoms with E-state index in [9.17, 15) is 10.1 Å². The Bertz CT molecular complexity index is 1400. The number of ether oxygens (including phenoxy) is 1. The van der Waals surface area contributed by atoms with Gasteiger partial charge in [-0.25, -0.2) is 4.98 Å². The van der Waals surface area contributed by atoms with Gasteiger partial charge in [0.05, 0.1) is 16.8 Å². The molecule has 0 radical (unpaired) electrons. The third kappa shape index (κ3) is 5.45. The van der Waals surface area contributed by atoms with Crippen LogP contribution in [0.3, 0.4) is 0 Å². The van der Waals surface area contributed by atoms with Gasteiger partial charge in [0.2, 0.25) is 0 Å². The predicted molar refractivity (Wildman–Crippen MR) is 132 cm³/mol. The van der Waals surface area contributed by atoms with Crippen molar-refractivity contribution in [2.75, 3.05) is 11.9 Å². The molecule has 2 heterocycles. The molecule has 166 valence electrons. The maximum Gasteiger partial charge on any atom is 0.266 e. The topological polar surface area (TPSA) is 88.1 Å². The number of hydrogen-bond acceptors (Lipinski definition) is 7. The van der Waals surface area contributed by atoms with E-state index in [4.69, 9.17) is 9.15 Å². The van der Waals surface area contributed by atoms with Crippen molar-refractivity contribution in [3.05, 3.63) is 71.0 Å². The second kappa shape index (κ2) is 9.94. The summed E-state index contributed by atoms with van der Waals surface area (Å²) in [7, 11) is 0. The van der Waals surface area contributed by atoms with Gasteiger partial charge in [-0.2, -0.15) is 5.26 Å². The molecule has 1 N–H and O–H groups in total. The van der Waals surface area contributed by atoms with Gasteiger partial charge in [-0.15, -0.1) is 11.3 Å². The van der Waals surface area contributed by atoms with Gasteiger partial charge >= 0.3 is 0 Å². The van der Waals surface area contributed by atoms with Gasteiger partial charge in [0, 0.05) is 11.8 Å². The summed E-state index contributed by atoms with van der Waals surface area (Å²) >= 11 is 2.94. The zero-order valence-corrected chi connectivity index (χ0v) is 20.0. The Morgan fingerprint density at radius 1 is 1.21 bits per heavy atom. The smallest absolute Gasteiger partial charge is 0.266 e. The van der Waals surface area contributed by atoms with Crippen molar-refractivity contribution in [3.8, 4) is 11.8 Å². The Kier molecular flexibility index (Phi) is 6.82. The Labute approximate surface area is 199 Å². The first-order chi connectivity index (χ1) is 15.9. The summed E-state index contributed by atoms with van der Waals surface area (Å²) in [6.45, 7) is 6.53. The van der Waals surface area contributed by atoms with E-state index in [0.29, 0.717) is 23.1 Å². The molecule has 0 aliphatic heterocycles. The standard InChI is InChI=1S/C25H21N3O3S2/c1-4-30-19-7-9-21-22(13-19)32-25(28-21)33-23-10-8-20(31-23)12-17(14-26)24(29)27-18-6-5-15(2)16(3)11-18/h5-13H,4H2,1-3H3,(H,27,29)/b17-12+. The zero-order chi connectivity index (χ0) is 23.4. The quantitative estimate of drug-likeness (QED) is 0.239. The van der Waals surface area contributed by atoms with E-state index >= 15 is 0 Å². The average molecular weight is 476 g/mol. The normalized spacial score (nSPS) is 11.4. The van der Waals surface area contributed by atoms with E-state index in [1.807, 2.05) is 63.2 Å². The fourth-order valence-corrected chi connectivity index (χ4v) is 5.04. The fraction of sp³-hybridized carbons (Fsp3) is 0.160. The number of fused-ring (bicyclic) bond motifs is 1. The molecule has 0 bridgehead atoms. The summed E-state index contributed by atoms with van der Waals surface area (Å²) < 4.78 is 13.2. The van der Waals surface area contributed by atoms with Crippen LogP contribution in [-0.4, -0.2) is 17.5 Å². The molecular weight excluding hydrogens is 454 g/mol. The number of aryl methyl sites for hydroxylation is 2. The summed E-state index contributed by atoms with van der Waals surface area (Å²) in [6, 6.07) is 16.9. The predicted octanol–water partition coefficient (Wildman–Crippen LogP) is 6.60. The molecule has 0 unspecified atom stereocenters. The number of hydrogen-bond donors (Lipinski definition) is 1. The van der Waals surface area contributed by atoms with E-state index in [2.05, 4.69) is 10.3 Å². The van der Waals surface area contributed by atoms with Gasteiger partial charge in [-0.3, -0.25) is 4.79 Å². The highest BCUT2D eigenvalue weighted by molar-refractivity contribution is 8.01. The van der Waals surface area contributed by atoms with Crippen LogP contribution in [0.4, 0.5) is 5.69 Å². The molecule has 0 saturated carbocycles. The van der Waals surface area contributed by atoms with E-state index < -0.39 is 5.91 Å². The van der Waals surface area contributed by atoms with Gasteiger partial charge in [0.25, 0.3) is 5.91 Å². The van der Waals surface area contributed by atoms with Crippen molar-refractivity contribution >= 4 is 51.0 Å². The number of anilines is 1. The minimum atomic E-state index is -0.484. The Morgan fingerprint density at radius 2 is 2.06 bits per heavy atom. The number of aromatic nitrogens is 1. The Hall–Kier alpha value is -3.54. The highest BCUT2D eigenvalue weighted by Crippen LogP contribution is 2.36. The van der Waals surface area contributed by atoms with Crippen molar-refractivity contribution in [1.82, 2.24) is 4.98 Å². The van der Waals surface area contributed by atoms with Gasteiger partial charge < -0.3 is 14.5 Å². The Balaban J connectivity index is 1.47. The summed E-state index contributed by atoms with van der Waals surface area (Å²) in [5, 5.41) is 12.9. The monoisotopic (exact) mass is 475 g/mol. The maximum absolute atomic E-state index is 12.5. The van der Waals surface area contributed by atoms with Crippen LogP contribution in [0.5, 0.6) is 5.75 Å². The van der Waals surface area contributed by atoms with Crippen molar-refractivity contribution < 1.29 is 13.9 Å². The molecule has 0 atom stereocenters. The second-order valence-electron chi connectivity index (χ2n) is 7.22. The lowest BCUT2D eigenvalue weighted by Gasteiger charge is -2.06. The van der Waals surface area contributed by atoms with Gasteiger partial charge in [-0.1, -0.05) is 6.07 Å². The number of nitriles is 1. The third-order valence-corrected chi connectivity index (χ3v) is 6.86. The number of rotatable bonds is 7. The number of thiazole rings is 1. The van der Waals surface area contributed by atoms with E-state index in [-0.39, 0.29) is 5.57 Å². The largest absolute Gasteiger partial charge is 0.494 e. The number of carbonyl (C=O) groups is 1. The second-order valence-corrected chi connectivity index (χ2v) is 9.51. The van der Waals surface area contributed by atoms with E-state index in [1.54, 1.807) is 23.5 Å². The molecule has 0 aliphatic carbocycles. The SMILES string of the molecule is CCOc1ccc2nc(Sc3ccc(/C=C(\C#N)C(=O)Nc4ccc(C)c(C)c4)o3)sc2c1. The maximum atomic E-state index is 12.5. The van der Waals surface area contributed by atoms with Crippen molar-refractivity contribution in [2.45, 2.75) is 30.2 Å². The number of carbonyl (C=O) groups excluding carboxylic acids is 1. The first kappa shape index (κ1) is 22.6. The van der Waals surface area contributed by atoms with Gasteiger partial charge in [-0.05, 0) is 86.1 Å². The molecule has 33 heavy (non-hydrogen) atoms. The van der Waals surface area contributed by atoms with Crippen molar-refractivity contribution in [1.29, 1.82) is 5.26 Å². The van der Waals surface area contributed by atoms with Crippen LogP contribution < -0.4 is 10.1 Å². The zero-order valence-electron chi connectivity index (χ0n) is 18.3. The van der Waals surface area contributed by atoms with Crippen molar-refractivity contribution in [2.24, 2.45) is 0 Å². The number of amides is 1. The number of furan rings is 1. The van der Waals surface area contributed by atoms with Crippen LogP contribution in [0.15, 0.2) is 68.0 Å². The fourth-order valence-electron chi connectivity index (χ4n) is 3.05. The van der Waals surface area contributed by atoms with Gasteiger partial charge in [0.1, 0.15) is 23.2 Å². The highest BCUT2D eigenvalue weighted by Gasteiger charge is 2.13. The number of nitrogens with one attached hydrogen (secondary N) is 1. The Morgan fingerprint density at radius 3 is 2.82 bits per heavy atom. The number of benzene rings is 2.